The first-order valence-corrected chi connectivity index (χ1v) is 20.2. The fourth-order valence-electron chi connectivity index (χ4n) is 3.53. The maximum absolute atomic E-state index is 12.6. The maximum atomic E-state index is 12.6. The van der Waals surface area contributed by atoms with Gasteiger partial charge in [0.15, 0.2) is 0 Å². The van der Waals surface area contributed by atoms with Crippen molar-refractivity contribution in [1.29, 1.82) is 0 Å². The van der Waals surface area contributed by atoms with E-state index in [9.17, 15) is 39.5 Å². The Hall–Kier alpha value is 0.0130. The molecule has 0 aromatic heterocycles. The van der Waals surface area contributed by atoms with Crippen LogP contribution in [0, 0.1) is 0 Å². The van der Waals surface area contributed by atoms with Gasteiger partial charge in [-0.05, 0) is 0 Å². The molecule has 1 rings (SSSR count). The molecule has 0 amide bonds. The van der Waals surface area contributed by atoms with Crippen molar-refractivity contribution in [1.82, 2.24) is 0 Å². The first-order chi connectivity index (χ1) is 20.5. The summed E-state index contributed by atoms with van der Waals surface area (Å²) >= 11 is -8.38. The van der Waals surface area contributed by atoms with Gasteiger partial charge in [-0.1, -0.05) is 122 Å². The van der Waals surface area contributed by atoms with E-state index in [0.29, 0.717) is 36.3 Å². The molecule has 0 saturated carbocycles. The molecule has 272 valence electrons. The zero-order valence-corrected chi connectivity index (χ0v) is 35.5. The molecule has 0 radical (unpaired) electrons. The molecule has 6 unspecified atom stereocenters. The second-order valence-electron chi connectivity index (χ2n) is 11.4. The van der Waals surface area contributed by atoms with Crippen molar-refractivity contribution in [3.8, 4) is 0 Å². The van der Waals surface area contributed by atoms with E-state index in [0.717, 1.165) is 12.1 Å². The number of halogens is 9. The van der Waals surface area contributed by atoms with Gasteiger partial charge < -0.3 is 16.0 Å². The SMILES string of the molecule is CCC(C)[N-]C(C)CC.CCC(C)[N-]C(C)CC.CCC(C)[N-]C(C)CC.F[C](F)(F)[Ge]([c-]1cccc1)([C](F)(F)F)[C](F)(F)F.[Hf+4]. The Kier molecular flexibility index (Phi) is 29.7. The summed E-state index contributed by atoms with van der Waals surface area (Å²) in [7, 11) is 0. The summed E-state index contributed by atoms with van der Waals surface area (Å²) in [4.78, 5) is 0. The Labute approximate surface area is 294 Å². The molecule has 1 aromatic rings. The van der Waals surface area contributed by atoms with E-state index in [4.69, 9.17) is 0 Å². The summed E-state index contributed by atoms with van der Waals surface area (Å²) in [5, 5.41) is -5.53. The molecule has 0 aliphatic heterocycles. The smallest absolute Gasteiger partial charge is 4.00 e. The van der Waals surface area contributed by atoms with Gasteiger partial charge in [0.2, 0.25) is 0 Å². The molecule has 46 heavy (non-hydrogen) atoms. The summed E-state index contributed by atoms with van der Waals surface area (Å²) in [6, 6.07) is 5.24. The Morgan fingerprint density at radius 3 is 0.761 bits per heavy atom. The molecule has 3 nitrogen and oxygen atoms in total. The van der Waals surface area contributed by atoms with E-state index < -0.39 is 32.7 Å². The van der Waals surface area contributed by atoms with Crippen LogP contribution in [-0.4, -0.2) is 64.5 Å². The monoisotopic (exact) mass is 909 g/mol. The summed E-state index contributed by atoms with van der Waals surface area (Å²) < 4.78 is 111. The van der Waals surface area contributed by atoms with Crippen LogP contribution in [0.1, 0.15) is 122 Å². The zero-order chi connectivity index (χ0) is 36.2. The number of rotatable bonds is 13. The van der Waals surface area contributed by atoms with Gasteiger partial charge in [0, 0.05) is 0 Å². The van der Waals surface area contributed by atoms with Crippen molar-refractivity contribution < 1.29 is 65.4 Å². The minimum atomic E-state index is -8.38. The quantitative estimate of drug-likeness (QED) is 0.108. The standard InChI is InChI=1S/C8H4F9Ge.3C8H18N.Hf/c9-6(10,11)18(7(12,13)14,8(15,16)17)5-3-1-2-4-5;3*1-5-7(3)9-8(4)6-2;/h1-4H;3*7-8H,5-6H2,1-4H3;/q4*-1;+4. The normalized spacial score (nSPS) is 16.0. The third-order valence-corrected chi connectivity index (χ3v) is 15.3. The van der Waals surface area contributed by atoms with Crippen LogP contribution in [0.3, 0.4) is 0 Å². The van der Waals surface area contributed by atoms with Crippen molar-refractivity contribution >= 4 is 17.7 Å². The van der Waals surface area contributed by atoms with E-state index in [1.54, 1.807) is 0 Å². The third kappa shape index (κ3) is 19.9. The second-order valence-corrected chi connectivity index (χ2v) is 19.3. The van der Waals surface area contributed by atoms with Gasteiger partial charge in [-0.25, -0.2) is 0 Å². The molecule has 0 aliphatic carbocycles. The number of hydrogen-bond acceptors (Lipinski definition) is 0. The van der Waals surface area contributed by atoms with Crippen LogP contribution in [0.5, 0.6) is 0 Å². The number of alkyl halides is 9. The molecule has 14 heteroatoms. The largest absolute Gasteiger partial charge is 4.00 e. The molecule has 1 aromatic carbocycles. The van der Waals surface area contributed by atoms with E-state index in [1.807, 2.05) is 0 Å². The van der Waals surface area contributed by atoms with Crippen LogP contribution in [0.15, 0.2) is 24.3 Å². The summed E-state index contributed by atoms with van der Waals surface area (Å²) in [5.74, 6) is 0. The topological polar surface area (TPSA) is 42.3 Å². The van der Waals surface area contributed by atoms with Gasteiger partial charge in [0.25, 0.3) is 0 Å². The predicted molar refractivity (Wildman–Crippen MR) is 174 cm³/mol. The van der Waals surface area contributed by atoms with Crippen LogP contribution in [0.25, 0.3) is 16.0 Å². The summed E-state index contributed by atoms with van der Waals surface area (Å²) in [6.45, 7) is 26.1. The molecule has 6 atom stereocenters. The van der Waals surface area contributed by atoms with Crippen LogP contribution in [0.4, 0.5) is 39.5 Å². The van der Waals surface area contributed by atoms with Gasteiger partial charge in [-0.3, -0.25) is 0 Å². The fraction of sp³-hybridized carbons (Fsp3) is 0.844. The van der Waals surface area contributed by atoms with Crippen LogP contribution in [0.2, 0.25) is 0 Å². The van der Waals surface area contributed by atoms with Gasteiger partial charge >= 0.3 is 122 Å². The number of hydrogen-bond donors (Lipinski definition) is 0. The Bertz CT molecular complexity index is 716. The Morgan fingerprint density at radius 1 is 0.457 bits per heavy atom. The molecule has 0 fully saturated rings. The van der Waals surface area contributed by atoms with Crippen LogP contribution < -0.4 is 4.40 Å². The van der Waals surface area contributed by atoms with E-state index >= 15 is 0 Å². The third-order valence-electron chi connectivity index (χ3n) is 7.44. The van der Waals surface area contributed by atoms with Gasteiger partial charge in [0.05, 0.1) is 0 Å². The van der Waals surface area contributed by atoms with E-state index in [-0.39, 0.29) is 38.0 Å². The molecule has 0 N–H and O–H groups in total. The van der Waals surface area contributed by atoms with Gasteiger partial charge in [-0.2, -0.15) is 0 Å². The maximum Gasteiger partial charge on any atom is 4.00 e. The van der Waals surface area contributed by atoms with Crippen molar-refractivity contribution in [3.05, 3.63) is 40.2 Å². The zero-order valence-electron chi connectivity index (χ0n) is 29.8. The average molecular weight is 907 g/mol. The average Bonchev–Trinajstić information content (AvgIpc) is 3.45. The predicted octanol–water partition coefficient (Wildman–Crippen LogP) is 12.2. The Morgan fingerprint density at radius 2 is 0.630 bits per heavy atom. The van der Waals surface area contributed by atoms with Crippen molar-refractivity contribution in [2.45, 2.75) is 173 Å². The second kappa shape index (κ2) is 25.9. The van der Waals surface area contributed by atoms with Crippen LogP contribution in [-0.2, 0) is 25.8 Å². The minimum Gasteiger partial charge on any atom is 4.00 e. The summed E-state index contributed by atoms with van der Waals surface area (Å²) in [5.41, 5.74) is 0. The van der Waals surface area contributed by atoms with E-state index in [1.165, 1.54) is 38.5 Å². The number of nitrogens with zero attached hydrogens (tertiary/aromatic N) is 3. The first kappa shape index (κ1) is 52.8. The molecule has 0 saturated heterocycles. The van der Waals surface area contributed by atoms with Gasteiger partial charge in [0.1, 0.15) is 0 Å². The van der Waals surface area contributed by atoms with Crippen LogP contribution >= 0.6 is 0 Å². The summed E-state index contributed by atoms with van der Waals surface area (Å²) in [6.07, 6.45) is 7.03. The molecular weight excluding hydrogens is 848 g/mol. The van der Waals surface area contributed by atoms with Crippen molar-refractivity contribution in [2.75, 3.05) is 0 Å². The molecule has 0 aliphatic rings. The molecule has 0 heterocycles. The molecular formula is C32H58F9GeHfN3. The van der Waals surface area contributed by atoms with Crippen molar-refractivity contribution in [3.63, 3.8) is 0 Å². The molecule has 0 bridgehead atoms. The fourth-order valence-corrected chi connectivity index (χ4v) is 9.07. The minimum absolute atomic E-state index is 0. The first-order valence-electron chi connectivity index (χ1n) is 16.0. The van der Waals surface area contributed by atoms with Crippen molar-refractivity contribution in [2.24, 2.45) is 0 Å². The van der Waals surface area contributed by atoms with Gasteiger partial charge in [-0.15, -0.1) is 36.3 Å². The molecule has 0 spiro atoms. The Balaban J connectivity index is -0.000000271. The van der Waals surface area contributed by atoms with E-state index in [2.05, 4.69) is 99.0 Å².